The van der Waals surface area contributed by atoms with Crippen molar-refractivity contribution in [2.45, 2.75) is 6.55 Å². The van der Waals surface area contributed by atoms with Crippen molar-refractivity contribution >= 4 is 0 Å². The van der Waals surface area contributed by atoms with Crippen LogP contribution in [0.1, 0.15) is 6.55 Å². The fraction of sp³-hybridized carbons (Fsp3) is 0.167. The molecule has 1 rings (SSSR count). The van der Waals surface area contributed by atoms with Crippen LogP contribution in [0.15, 0.2) is 29.3 Å². The first-order chi connectivity index (χ1) is 4.70. The molecule has 0 saturated carbocycles. The monoisotopic (exact) mass is 145 g/mol. The molecular weight excluding hydrogens is 140 g/mol. The van der Waals surface area contributed by atoms with Gasteiger partial charge < -0.3 is 0 Å². The first-order valence-corrected chi connectivity index (χ1v) is 2.66. The van der Waals surface area contributed by atoms with E-state index in [-0.39, 0.29) is 5.43 Å². The fourth-order valence-corrected chi connectivity index (χ4v) is 0.554. The Morgan fingerprint density at radius 2 is 1.80 bits per heavy atom. The topological polar surface area (TPSA) is 22.0 Å². The predicted octanol–water partition coefficient (Wildman–Crippen LogP) is 1.24. The Labute approximate surface area is 55.7 Å². The van der Waals surface area contributed by atoms with Crippen molar-refractivity contribution in [1.82, 2.24) is 4.57 Å². The van der Waals surface area contributed by atoms with Crippen LogP contribution < -0.4 is 5.43 Å². The minimum absolute atomic E-state index is 0.267. The van der Waals surface area contributed by atoms with Crippen LogP contribution in [0.5, 0.6) is 0 Å². The highest BCUT2D eigenvalue weighted by Gasteiger charge is 1.99. The lowest BCUT2D eigenvalue weighted by Gasteiger charge is -2.00. The summed E-state index contributed by atoms with van der Waals surface area (Å²) in [4.78, 5) is 10.4. The number of alkyl halides is 2. The van der Waals surface area contributed by atoms with E-state index in [9.17, 15) is 13.6 Å². The van der Waals surface area contributed by atoms with Gasteiger partial charge >= 0.3 is 6.55 Å². The standard InChI is InChI=1S/C6H5F2NO/c7-6(8)9-3-1-5(10)2-4-9/h1-4,6H. The molecule has 4 heteroatoms. The number of nitrogens with zero attached hydrogens (tertiary/aromatic N) is 1. The lowest BCUT2D eigenvalue weighted by molar-refractivity contribution is 0.0696. The minimum atomic E-state index is -2.57. The smallest absolute Gasteiger partial charge is 0.298 e. The molecule has 0 fully saturated rings. The summed E-state index contributed by atoms with van der Waals surface area (Å²) in [7, 11) is 0. The zero-order chi connectivity index (χ0) is 7.56. The van der Waals surface area contributed by atoms with Crippen molar-refractivity contribution in [3.05, 3.63) is 34.7 Å². The van der Waals surface area contributed by atoms with Gasteiger partial charge in [0.1, 0.15) is 0 Å². The normalized spacial score (nSPS) is 10.3. The number of aromatic nitrogens is 1. The maximum Gasteiger partial charge on any atom is 0.318 e. The SMILES string of the molecule is O=c1ccn(C(F)F)cc1. The van der Waals surface area contributed by atoms with Gasteiger partial charge in [-0.25, -0.2) is 0 Å². The van der Waals surface area contributed by atoms with E-state index in [0.29, 0.717) is 4.57 Å². The first-order valence-electron chi connectivity index (χ1n) is 2.66. The Bertz CT molecular complexity index is 248. The van der Waals surface area contributed by atoms with Crippen LogP contribution in [0.3, 0.4) is 0 Å². The molecule has 1 heterocycles. The Hall–Kier alpha value is -1.19. The van der Waals surface area contributed by atoms with Crippen molar-refractivity contribution in [3.63, 3.8) is 0 Å². The van der Waals surface area contributed by atoms with E-state index in [2.05, 4.69) is 0 Å². The molecule has 1 aromatic rings. The van der Waals surface area contributed by atoms with E-state index in [4.69, 9.17) is 0 Å². The summed E-state index contributed by atoms with van der Waals surface area (Å²) in [5, 5.41) is 0. The third-order valence-corrected chi connectivity index (χ3v) is 1.05. The molecule has 0 bridgehead atoms. The van der Waals surface area contributed by atoms with E-state index in [1.807, 2.05) is 0 Å². The van der Waals surface area contributed by atoms with Crippen LogP contribution in [0.4, 0.5) is 8.78 Å². The molecule has 0 aliphatic carbocycles. The third kappa shape index (κ3) is 1.40. The maximum atomic E-state index is 11.8. The molecule has 0 N–H and O–H groups in total. The Kier molecular flexibility index (Phi) is 1.80. The molecule has 0 amide bonds. The molecule has 0 aromatic carbocycles. The Morgan fingerprint density at radius 3 is 2.20 bits per heavy atom. The minimum Gasteiger partial charge on any atom is -0.298 e. The van der Waals surface area contributed by atoms with Crippen LogP contribution in [0, 0.1) is 0 Å². The molecule has 0 aliphatic rings. The second-order valence-electron chi connectivity index (χ2n) is 1.76. The fourth-order valence-electron chi connectivity index (χ4n) is 0.554. The molecule has 0 unspecified atom stereocenters. The summed E-state index contributed by atoms with van der Waals surface area (Å²) < 4.78 is 24.2. The Morgan fingerprint density at radius 1 is 1.30 bits per heavy atom. The van der Waals surface area contributed by atoms with Gasteiger partial charge in [-0.2, -0.15) is 8.78 Å². The van der Waals surface area contributed by atoms with Crippen LogP contribution in [-0.4, -0.2) is 4.57 Å². The van der Waals surface area contributed by atoms with Crippen LogP contribution in [-0.2, 0) is 0 Å². The zero-order valence-corrected chi connectivity index (χ0v) is 5.00. The van der Waals surface area contributed by atoms with Gasteiger partial charge in [0, 0.05) is 24.5 Å². The molecule has 10 heavy (non-hydrogen) atoms. The highest BCUT2D eigenvalue weighted by atomic mass is 19.3. The van der Waals surface area contributed by atoms with Gasteiger partial charge in [0.05, 0.1) is 0 Å². The van der Waals surface area contributed by atoms with Gasteiger partial charge in [0.15, 0.2) is 5.43 Å². The van der Waals surface area contributed by atoms with Crippen LogP contribution >= 0.6 is 0 Å². The van der Waals surface area contributed by atoms with E-state index < -0.39 is 6.55 Å². The molecule has 0 aliphatic heterocycles. The molecule has 0 spiro atoms. The van der Waals surface area contributed by atoms with Gasteiger partial charge in [-0.05, 0) is 0 Å². The molecule has 1 aromatic heterocycles. The summed E-state index contributed by atoms with van der Waals surface area (Å²) in [5.41, 5.74) is -0.267. The number of pyridine rings is 1. The van der Waals surface area contributed by atoms with Crippen molar-refractivity contribution < 1.29 is 8.78 Å². The van der Waals surface area contributed by atoms with Crippen molar-refractivity contribution in [2.75, 3.05) is 0 Å². The second kappa shape index (κ2) is 2.60. The number of hydrogen-bond acceptors (Lipinski definition) is 1. The summed E-state index contributed by atoms with van der Waals surface area (Å²) in [5.74, 6) is 0. The second-order valence-corrected chi connectivity index (χ2v) is 1.76. The average Bonchev–Trinajstić information content (AvgIpc) is 1.88. The number of rotatable bonds is 1. The largest absolute Gasteiger partial charge is 0.318 e. The third-order valence-electron chi connectivity index (χ3n) is 1.05. The average molecular weight is 145 g/mol. The van der Waals surface area contributed by atoms with Crippen molar-refractivity contribution in [3.8, 4) is 0 Å². The number of hydrogen-bond donors (Lipinski definition) is 0. The van der Waals surface area contributed by atoms with Crippen LogP contribution in [0.25, 0.3) is 0 Å². The predicted molar refractivity (Wildman–Crippen MR) is 32.0 cm³/mol. The lowest BCUT2D eigenvalue weighted by Crippen LogP contribution is -2.03. The van der Waals surface area contributed by atoms with E-state index >= 15 is 0 Å². The Balaban J connectivity index is 3.00. The first kappa shape index (κ1) is 6.92. The summed E-state index contributed by atoms with van der Waals surface area (Å²) in [6.07, 6.45) is 2.10. The van der Waals surface area contributed by atoms with Gasteiger partial charge in [0.2, 0.25) is 0 Å². The quantitative estimate of drug-likeness (QED) is 0.582. The van der Waals surface area contributed by atoms with Gasteiger partial charge in [-0.1, -0.05) is 0 Å². The van der Waals surface area contributed by atoms with Gasteiger partial charge in [-0.15, -0.1) is 0 Å². The molecule has 0 saturated heterocycles. The van der Waals surface area contributed by atoms with Crippen molar-refractivity contribution in [2.24, 2.45) is 0 Å². The zero-order valence-electron chi connectivity index (χ0n) is 5.00. The van der Waals surface area contributed by atoms with E-state index in [1.165, 1.54) is 0 Å². The molecule has 0 atom stereocenters. The van der Waals surface area contributed by atoms with Crippen LogP contribution in [0.2, 0.25) is 0 Å². The van der Waals surface area contributed by atoms with E-state index in [0.717, 1.165) is 24.5 Å². The lowest BCUT2D eigenvalue weighted by atomic mass is 10.5. The highest BCUT2D eigenvalue weighted by molar-refractivity contribution is 4.93. The molecule has 2 nitrogen and oxygen atoms in total. The summed E-state index contributed by atoms with van der Waals surface area (Å²) in [6, 6.07) is 2.18. The van der Waals surface area contributed by atoms with Crippen molar-refractivity contribution in [1.29, 1.82) is 0 Å². The molecule has 54 valence electrons. The molecule has 0 radical (unpaired) electrons. The highest BCUT2D eigenvalue weighted by Crippen LogP contribution is 2.05. The summed E-state index contributed by atoms with van der Waals surface area (Å²) >= 11 is 0. The number of halogens is 2. The van der Waals surface area contributed by atoms with Gasteiger partial charge in [-0.3, -0.25) is 9.36 Å². The maximum absolute atomic E-state index is 11.8. The summed E-state index contributed by atoms with van der Waals surface area (Å²) in [6.45, 7) is -2.57. The molecular formula is C6H5F2NO. The van der Waals surface area contributed by atoms with Gasteiger partial charge in [0.25, 0.3) is 0 Å². The van der Waals surface area contributed by atoms with E-state index in [1.54, 1.807) is 0 Å².